The van der Waals surface area contributed by atoms with Crippen LogP contribution in [0.1, 0.15) is 271 Å². The molecule has 0 rings (SSSR count). The molecule has 0 fully saturated rings. The fourth-order valence-electron chi connectivity index (χ4n) is 7.91. The molecular formula is C54H103O10P. The SMILES string of the molecule is CCCCCC/C=C\C/C=C\CCCCCCCCCC(=O)OC(COC(=O)CCCCCCCCCCCCCCCCCCCCCCCCCC)COP(=O)(O)OCC(O)CO. The zero-order chi connectivity index (χ0) is 47.6. The van der Waals surface area contributed by atoms with Crippen LogP contribution < -0.4 is 0 Å². The molecule has 0 spiro atoms. The monoisotopic (exact) mass is 943 g/mol. The van der Waals surface area contributed by atoms with E-state index in [1.54, 1.807) is 0 Å². The summed E-state index contributed by atoms with van der Waals surface area (Å²) in [6, 6.07) is 0. The van der Waals surface area contributed by atoms with Gasteiger partial charge in [-0.05, 0) is 44.9 Å². The fraction of sp³-hybridized carbons (Fsp3) is 0.889. The summed E-state index contributed by atoms with van der Waals surface area (Å²) in [5, 5.41) is 18.4. The molecule has 10 nitrogen and oxygen atoms in total. The van der Waals surface area contributed by atoms with Gasteiger partial charge in [0, 0.05) is 12.8 Å². The Hall–Kier alpha value is -1.55. The summed E-state index contributed by atoms with van der Waals surface area (Å²) >= 11 is 0. The van der Waals surface area contributed by atoms with Crippen molar-refractivity contribution in [1.29, 1.82) is 0 Å². The Morgan fingerprint density at radius 1 is 0.462 bits per heavy atom. The number of carbonyl (C=O) groups excluding carboxylic acids is 2. The molecule has 0 aromatic heterocycles. The van der Waals surface area contributed by atoms with Crippen molar-refractivity contribution in [3.63, 3.8) is 0 Å². The number of phosphoric acid groups is 1. The predicted octanol–water partition coefficient (Wildman–Crippen LogP) is 15.7. The highest BCUT2D eigenvalue weighted by molar-refractivity contribution is 7.47. The Kier molecular flexibility index (Phi) is 49.1. The number of rotatable bonds is 52. The van der Waals surface area contributed by atoms with E-state index in [1.807, 2.05) is 0 Å². The average molecular weight is 943 g/mol. The van der Waals surface area contributed by atoms with E-state index in [4.69, 9.17) is 23.6 Å². The van der Waals surface area contributed by atoms with Crippen LogP contribution in [0.25, 0.3) is 0 Å². The number of aliphatic hydroxyl groups is 2. The van der Waals surface area contributed by atoms with Gasteiger partial charge >= 0.3 is 19.8 Å². The molecule has 0 aliphatic heterocycles. The summed E-state index contributed by atoms with van der Waals surface area (Å²) in [5.41, 5.74) is 0. The quantitative estimate of drug-likeness (QED) is 0.0233. The largest absolute Gasteiger partial charge is 0.472 e. The van der Waals surface area contributed by atoms with Crippen LogP contribution in [0.4, 0.5) is 0 Å². The third-order valence-corrected chi connectivity index (χ3v) is 13.1. The number of carbonyl (C=O) groups is 2. The Labute approximate surface area is 399 Å². The smallest absolute Gasteiger partial charge is 0.462 e. The van der Waals surface area contributed by atoms with Crippen molar-refractivity contribution >= 4 is 19.8 Å². The normalized spacial score (nSPS) is 13.7. The van der Waals surface area contributed by atoms with Gasteiger partial charge in [-0.2, -0.15) is 0 Å². The molecule has 384 valence electrons. The molecule has 3 unspecified atom stereocenters. The second kappa shape index (κ2) is 50.3. The lowest BCUT2D eigenvalue weighted by Gasteiger charge is -2.20. The van der Waals surface area contributed by atoms with Gasteiger partial charge in [0.1, 0.15) is 12.7 Å². The second-order valence-corrected chi connectivity index (χ2v) is 20.1. The van der Waals surface area contributed by atoms with Crippen LogP contribution in [0.5, 0.6) is 0 Å². The standard InChI is InChI=1S/C54H103O10P/c1-3-5-7-9-11-13-15-17-19-21-23-24-25-26-27-28-30-31-33-35-37-39-41-43-45-53(57)61-49-52(50-63-65(59,60)62-48-51(56)47-55)64-54(58)46-44-42-40-38-36-34-32-29-22-20-18-16-14-12-10-8-6-4-2/h14,16,20,22,51-52,55-56H,3-13,15,17-19,21,23-50H2,1-2H3,(H,59,60)/b16-14-,22-20-. The predicted molar refractivity (Wildman–Crippen MR) is 270 cm³/mol. The van der Waals surface area contributed by atoms with Gasteiger partial charge in [-0.1, -0.05) is 237 Å². The van der Waals surface area contributed by atoms with Gasteiger partial charge in [0.05, 0.1) is 19.8 Å². The zero-order valence-corrected chi connectivity index (χ0v) is 43.1. The van der Waals surface area contributed by atoms with Gasteiger partial charge in [-0.25, -0.2) is 4.57 Å². The van der Waals surface area contributed by atoms with Crippen molar-refractivity contribution in [3.05, 3.63) is 24.3 Å². The molecule has 0 bridgehead atoms. The maximum atomic E-state index is 12.7. The number of ether oxygens (including phenoxy) is 2. The number of esters is 2. The molecule has 0 heterocycles. The minimum atomic E-state index is -4.62. The van der Waals surface area contributed by atoms with Crippen LogP contribution in [0.3, 0.4) is 0 Å². The van der Waals surface area contributed by atoms with Crippen LogP contribution in [-0.2, 0) is 32.7 Å². The van der Waals surface area contributed by atoms with Crippen LogP contribution >= 0.6 is 7.82 Å². The van der Waals surface area contributed by atoms with Crippen molar-refractivity contribution < 1.29 is 47.8 Å². The minimum Gasteiger partial charge on any atom is -0.462 e. The number of phosphoric ester groups is 1. The summed E-state index contributed by atoms with van der Waals surface area (Å²) in [6.07, 6.45) is 54.4. The lowest BCUT2D eigenvalue weighted by molar-refractivity contribution is -0.161. The van der Waals surface area contributed by atoms with Crippen LogP contribution in [0.2, 0.25) is 0 Å². The van der Waals surface area contributed by atoms with Gasteiger partial charge < -0.3 is 24.6 Å². The molecule has 11 heteroatoms. The van der Waals surface area contributed by atoms with E-state index in [0.29, 0.717) is 12.8 Å². The topological polar surface area (TPSA) is 149 Å². The maximum Gasteiger partial charge on any atom is 0.472 e. The van der Waals surface area contributed by atoms with Crippen LogP contribution in [-0.4, -0.2) is 65.7 Å². The van der Waals surface area contributed by atoms with Crippen LogP contribution in [0.15, 0.2) is 24.3 Å². The van der Waals surface area contributed by atoms with E-state index >= 15 is 0 Å². The van der Waals surface area contributed by atoms with Crippen molar-refractivity contribution in [2.75, 3.05) is 26.4 Å². The molecule has 0 amide bonds. The highest BCUT2D eigenvalue weighted by atomic mass is 31.2. The highest BCUT2D eigenvalue weighted by Crippen LogP contribution is 2.43. The van der Waals surface area contributed by atoms with Gasteiger partial charge in [0.25, 0.3) is 0 Å². The molecule has 0 aromatic carbocycles. The van der Waals surface area contributed by atoms with E-state index in [9.17, 15) is 24.2 Å². The van der Waals surface area contributed by atoms with E-state index in [-0.39, 0.29) is 19.4 Å². The fourth-order valence-corrected chi connectivity index (χ4v) is 8.70. The molecule has 65 heavy (non-hydrogen) atoms. The summed E-state index contributed by atoms with van der Waals surface area (Å²) in [4.78, 5) is 35.2. The first-order valence-electron chi connectivity index (χ1n) is 27.3. The van der Waals surface area contributed by atoms with E-state index in [2.05, 4.69) is 38.2 Å². The molecule has 0 aromatic rings. The van der Waals surface area contributed by atoms with E-state index < -0.39 is 51.8 Å². The van der Waals surface area contributed by atoms with Gasteiger partial charge in [0.2, 0.25) is 0 Å². The number of aliphatic hydroxyl groups excluding tert-OH is 2. The molecule has 0 radical (unpaired) electrons. The number of unbranched alkanes of at least 4 members (excludes halogenated alkanes) is 34. The van der Waals surface area contributed by atoms with Crippen LogP contribution in [0, 0.1) is 0 Å². The first-order chi connectivity index (χ1) is 31.7. The average Bonchev–Trinajstić information content (AvgIpc) is 3.30. The third kappa shape index (κ3) is 50.2. The third-order valence-electron chi connectivity index (χ3n) is 12.1. The number of hydrogen-bond donors (Lipinski definition) is 3. The molecule has 0 saturated carbocycles. The summed E-state index contributed by atoms with van der Waals surface area (Å²) < 4.78 is 32.9. The Morgan fingerprint density at radius 2 is 0.800 bits per heavy atom. The zero-order valence-electron chi connectivity index (χ0n) is 42.2. The van der Waals surface area contributed by atoms with Gasteiger partial charge in [0.15, 0.2) is 6.10 Å². The molecular weight excluding hydrogens is 840 g/mol. The Morgan fingerprint density at radius 3 is 1.20 bits per heavy atom. The van der Waals surface area contributed by atoms with Gasteiger partial charge in [-0.3, -0.25) is 18.6 Å². The highest BCUT2D eigenvalue weighted by Gasteiger charge is 2.27. The molecule has 0 aliphatic rings. The second-order valence-electron chi connectivity index (χ2n) is 18.6. The van der Waals surface area contributed by atoms with E-state index in [1.165, 1.54) is 180 Å². The summed E-state index contributed by atoms with van der Waals surface area (Å²) in [7, 11) is -4.62. The minimum absolute atomic E-state index is 0.179. The first kappa shape index (κ1) is 63.5. The number of hydrogen-bond acceptors (Lipinski definition) is 9. The van der Waals surface area contributed by atoms with E-state index in [0.717, 1.165) is 51.4 Å². The first-order valence-corrected chi connectivity index (χ1v) is 28.8. The van der Waals surface area contributed by atoms with Gasteiger partial charge in [-0.15, -0.1) is 0 Å². The Bertz CT molecular complexity index is 1130. The molecule has 3 atom stereocenters. The maximum absolute atomic E-state index is 12.7. The van der Waals surface area contributed by atoms with Crippen molar-refractivity contribution in [2.24, 2.45) is 0 Å². The summed E-state index contributed by atoms with van der Waals surface area (Å²) in [6.45, 7) is 2.41. The van der Waals surface area contributed by atoms with Crippen molar-refractivity contribution in [2.45, 2.75) is 283 Å². The molecule has 0 saturated heterocycles. The molecule has 3 N–H and O–H groups in total. The lowest BCUT2D eigenvalue weighted by Crippen LogP contribution is -2.29. The van der Waals surface area contributed by atoms with Crippen molar-refractivity contribution in [1.82, 2.24) is 0 Å². The molecule has 0 aliphatic carbocycles. The number of allylic oxidation sites excluding steroid dienone is 4. The summed E-state index contributed by atoms with van der Waals surface area (Å²) in [5.74, 6) is -0.918. The van der Waals surface area contributed by atoms with Crippen molar-refractivity contribution in [3.8, 4) is 0 Å². The Balaban J connectivity index is 4.09. The lowest BCUT2D eigenvalue weighted by atomic mass is 10.0.